The van der Waals surface area contributed by atoms with Gasteiger partial charge < -0.3 is 5.32 Å². The minimum absolute atomic E-state index is 0.105. The summed E-state index contributed by atoms with van der Waals surface area (Å²) < 4.78 is 15.0. The molecule has 1 N–H and O–H groups in total. The topological polar surface area (TPSA) is 12.0 Å². The fourth-order valence-corrected chi connectivity index (χ4v) is 2.96. The predicted octanol–water partition coefficient (Wildman–Crippen LogP) is 4.60. The summed E-state index contributed by atoms with van der Waals surface area (Å²) >= 11 is 3.60. The van der Waals surface area contributed by atoms with Crippen LogP contribution in [-0.2, 0) is 12.8 Å². The molecule has 1 unspecified atom stereocenters. The van der Waals surface area contributed by atoms with E-state index in [1.54, 1.807) is 6.07 Å². The van der Waals surface area contributed by atoms with Crippen LogP contribution in [0.3, 0.4) is 0 Å². The Morgan fingerprint density at radius 1 is 1.00 bits per heavy atom. The molecule has 0 saturated carbocycles. The second-order valence-electron chi connectivity index (χ2n) is 5.26. The normalized spacial score (nSPS) is 12.3. The van der Waals surface area contributed by atoms with Gasteiger partial charge in [-0.2, -0.15) is 0 Å². The zero-order valence-electron chi connectivity index (χ0n) is 12.3. The van der Waals surface area contributed by atoms with Gasteiger partial charge in [0.25, 0.3) is 0 Å². The summed E-state index contributed by atoms with van der Waals surface area (Å²) in [6.45, 7) is 3.93. The van der Waals surface area contributed by atoms with Crippen molar-refractivity contribution in [2.75, 3.05) is 13.1 Å². The van der Waals surface area contributed by atoms with E-state index < -0.39 is 0 Å². The second kappa shape index (κ2) is 8.30. The number of hydrogen-bond acceptors (Lipinski definition) is 1. The highest BCUT2D eigenvalue weighted by Crippen LogP contribution is 2.22. The minimum atomic E-state index is -0.105. The molecule has 1 nitrogen and oxygen atoms in total. The van der Waals surface area contributed by atoms with E-state index in [0.717, 1.165) is 36.0 Å². The van der Waals surface area contributed by atoms with E-state index >= 15 is 0 Å². The molecule has 0 heterocycles. The van der Waals surface area contributed by atoms with Crippen molar-refractivity contribution in [1.82, 2.24) is 5.32 Å². The third-order valence-corrected chi connectivity index (χ3v) is 4.39. The van der Waals surface area contributed by atoms with E-state index in [1.807, 2.05) is 24.3 Å². The zero-order valence-corrected chi connectivity index (χ0v) is 13.9. The molecular weight excluding hydrogens is 329 g/mol. The van der Waals surface area contributed by atoms with Crippen molar-refractivity contribution in [3.8, 4) is 0 Å². The molecule has 0 amide bonds. The lowest BCUT2D eigenvalue weighted by molar-refractivity contribution is 0.466. The second-order valence-corrected chi connectivity index (χ2v) is 6.12. The molecule has 0 aromatic heterocycles. The summed E-state index contributed by atoms with van der Waals surface area (Å²) in [5.74, 6) is 0.270. The minimum Gasteiger partial charge on any atom is -0.317 e. The average Bonchev–Trinajstić information content (AvgIpc) is 2.49. The molecule has 2 aromatic rings. The van der Waals surface area contributed by atoms with Crippen LogP contribution in [0, 0.1) is 11.7 Å². The summed E-state index contributed by atoms with van der Waals surface area (Å²) in [7, 11) is 0. The maximum absolute atomic E-state index is 13.9. The Labute approximate surface area is 134 Å². The quantitative estimate of drug-likeness (QED) is 0.770. The maximum atomic E-state index is 13.9. The van der Waals surface area contributed by atoms with Crippen LogP contribution >= 0.6 is 15.9 Å². The Hall–Kier alpha value is -1.19. The smallest absolute Gasteiger partial charge is 0.126 e. The Morgan fingerprint density at radius 2 is 1.62 bits per heavy atom. The molecule has 21 heavy (non-hydrogen) atoms. The molecule has 3 heteroatoms. The van der Waals surface area contributed by atoms with E-state index in [-0.39, 0.29) is 5.82 Å². The first-order valence-electron chi connectivity index (χ1n) is 7.38. The zero-order chi connectivity index (χ0) is 15.1. The molecule has 112 valence electrons. The molecule has 0 aliphatic heterocycles. The SMILES string of the molecule is CCNCC(Cc1ccccc1F)Cc1ccccc1Br. The lowest BCUT2D eigenvalue weighted by Crippen LogP contribution is -2.26. The third kappa shape index (κ3) is 4.94. The van der Waals surface area contributed by atoms with Crippen LogP contribution in [0.4, 0.5) is 4.39 Å². The molecule has 0 spiro atoms. The van der Waals surface area contributed by atoms with Gasteiger partial charge in [-0.15, -0.1) is 0 Å². The van der Waals surface area contributed by atoms with Gasteiger partial charge in [0.1, 0.15) is 5.82 Å². The average molecular weight is 350 g/mol. The highest BCUT2D eigenvalue weighted by atomic mass is 79.9. The number of rotatable bonds is 7. The van der Waals surface area contributed by atoms with Gasteiger partial charge >= 0.3 is 0 Å². The van der Waals surface area contributed by atoms with Crippen molar-refractivity contribution in [3.05, 3.63) is 69.9 Å². The van der Waals surface area contributed by atoms with Crippen molar-refractivity contribution in [3.63, 3.8) is 0 Å². The van der Waals surface area contributed by atoms with E-state index in [1.165, 1.54) is 11.6 Å². The lowest BCUT2D eigenvalue weighted by atomic mass is 9.92. The van der Waals surface area contributed by atoms with Gasteiger partial charge in [0.15, 0.2) is 0 Å². The van der Waals surface area contributed by atoms with Crippen LogP contribution in [-0.4, -0.2) is 13.1 Å². The van der Waals surface area contributed by atoms with Crippen molar-refractivity contribution in [2.45, 2.75) is 19.8 Å². The molecule has 0 bridgehead atoms. The summed E-state index contributed by atoms with van der Waals surface area (Å²) in [5, 5.41) is 3.39. The standard InChI is InChI=1S/C18H21BrFN/c1-2-21-13-14(11-15-7-3-5-9-17(15)19)12-16-8-4-6-10-18(16)20/h3-10,14,21H,2,11-13H2,1H3. The van der Waals surface area contributed by atoms with Crippen molar-refractivity contribution < 1.29 is 4.39 Å². The Morgan fingerprint density at radius 3 is 2.29 bits per heavy atom. The van der Waals surface area contributed by atoms with Crippen LogP contribution in [0.2, 0.25) is 0 Å². The van der Waals surface area contributed by atoms with Gasteiger partial charge in [0.2, 0.25) is 0 Å². The first kappa shape index (κ1) is 16.2. The summed E-state index contributed by atoms with van der Waals surface area (Å²) in [4.78, 5) is 0. The molecular formula is C18H21BrFN. The monoisotopic (exact) mass is 349 g/mol. The molecule has 0 aliphatic carbocycles. The molecule has 0 fully saturated rings. The van der Waals surface area contributed by atoms with Crippen molar-refractivity contribution >= 4 is 15.9 Å². The van der Waals surface area contributed by atoms with Gasteiger partial charge in [0.05, 0.1) is 0 Å². The van der Waals surface area contributed by atoms with Crippen LogP contribution in [0.5, 0.6) is 0 Å². The molecule has 0 radical (unpaired) electrons. The molecule has 2 aromatic carbocycles. The largest absolute Gasteiger partial charge is 0.317 e. The van der Waals surface area contributed by atoms with E-state index in [9.17, 15) is 4.39 Å². The van der Waals surface area contributed by atoms with Gasteiger partial charge in [-0.05, 0) is 55.1 Å². The first-order valence-corrected chi connectivity index (χ1v) is 8.17. The molecule has 0 saturated heterocycles. The van der Waals surface area contributed by atoms with Gasteiger partial charge in [-0.1, -0.05) is 59.3 Å². The van der Waals surface area contributed by atoms with Crippen LogP contribution in [0.25, 0.3) is 0 Å². The Bertz CT molecular complexity index is 523. The summed E-state index contributed by atoms with van der Waals surface area (Å²) in [5.41, 5.74) is 2.07. The fourth-order valence-electron chi connectivity index (χ4n) is 2.51. The number of benzene rings is 2. The number of halogens is 2. The first-order chi connectivity index (χ1) is 10.2. The van der Waals surface area contributed by atoms with Crippen molar-refractivity contribution in [1.29, 1.82) is 0 Å². The number of hydrogen-bond donors (Lipinski definition) is 1. The van der Waals surface area contributed by atoms with Crippen LogP contribution in [0.1, 0.15) is 18.1 Å². The molecule has 2 rings (SSSR count). The highest BCUT2D eigenvalue weighted by molar-refractivity contribution is 9.10. The van der Waals surface area contributed by atoms with Gasteiger partial charge in [0, 0.05) is 4.47 Å². The highest BCUT2D eigenvalue weighted by Gasteiger charge is 2.14. The predicted molar refractivity (Wildman–Crippen MR) is 90.0 cm³/mol. The van der Waals surface area contributed by atoms with Crippen LogP contribution < -0.4 is 5.32 Å². The van der Waals surface area contributed by atoms with E-state index in [2.05, 4.69) is 40.3 Å². The fraction of sp³-hybridized carbons (Fsp3) is 0.333. The third-order valence-electron chi connectivity index (χ3n) is 3.62. The Kier molecular flexibility index (Phi) is 6.40. The van der Waals surface area contributed by atoms with Crippen molar-refractivity contribution in [2.24, 2.45) is 5.92 Å². The number of nitrogens with one attached hydrogen (secondary N) is 1. The van der Waals surface area contributed by atoms with Gasteiger partial charge in [-0.25, -0.2) is 4.39 Å². The van der Waals surface area contributed by atoms with E-state index in [4.69, 9.17) is 0 Å². The maximum Gasteiger partial charge on any atom is 0.126 e. The van der Waals surface area contributed by atoms with E-state index in [0.29, 0.717) is 5.92 Å². The molecule has 0 aliphatic rings. The van der Waals surface area contributed by atoms with Gasteiger partial charge in [-0.3, -0.25) is 0 Å². The summed E-state index contributed by atoms with van der Waals surface area (Å²) in [6, 6.07) is 15.3. The Balaban J connectivity index is 2.11. The molecule has 1 atom stereocenters. The van der Waals surface area contributed by atoms with Crippen LogP contribution in [0.15, 0.2) is 53.0 Å². The summed E-state index contributed by atoms with van der Waals surface area (Å²) in [6.07, 6.45) is 1.68. The lowest BCUT2D eigenvalue weighted by Gasteiger charge is -2.18.